The first-order valence-corrected chi connectivity index (χ1v) is 9.82. The van der Waals surface area contributed by atoms with Gasteiger partial charge in [0.25, 0.3) is 0 Å². The van der Waals surface area contributed by atoms with Gasteiger partial charge in [-0.2, -0.15) is 0 Å². The molecule has 0 saturated carbocycles. The molecule has 5 heteroatoms. The molecule has 1 aliphatic heterocycles. The minimum Gasteiger partial charge on any atom is -0.419 e. The molecule has 0 N–H and O–H groups in total. The first-order valence-electron chi connectivity index (χ1n) is 9.82. The van der Waals surface area contributed by atoms with Crippen LogP contribution in [0.15, 0.2) is 65.1 Å². The molecule has 0 atom stereocenters. The minimum atomic E-state index is 0.597. The Morgan fingerprint density at radius 1 is 0.893 bits per heavy atom. The first kappa shape index (κ1) is 18.6. The summed E-state index contributed by atoms with van der Waals surface area (Å²) < 4.78 is 5.86. The van der Waals surface area contributed by atoms with Crippen LogP contribution >= 0.6 is 0 Å². The molecule has 1 aromatic heterocycles. The van der Waals surface area contributed by atoms with Gasteiger partial charge >= 0.3 is 0 Å². The normalized spacial score (nSPS) is 16.0. The minimum absolute atomic E-state index is 0.597. The molecule has 28 heavy (non-hydrogen) atoms. The van der Waals surface area contributed by atoms with Gasteiger partial charge in [0.15, 0.2) is 0 Å². The Labute approximate surface area is 166 Å². The predicted octanol–water partition coefficient (Wildman–Crippen LogP) is 3.88. The Balaban J connectivity index is 1.24. The van der Waals surface area contributed by atoms with Crippen LogP contribution in [-0.2, 0) is 6.54 Å². The van der Waals surface area contributed by atoms with Gasteiger partial charge in [-0.15, -0.1) is 10.2 Å². The van der Waals surface area contributed by atoms with Crippen molar-refractivity contribution >= 4 is 6.08 Å². The van der Waals surface area contributed by atoms with Gasteiger partial charge in [-0.1, -0.05) is 60.2 Å². The Bertz CT molecular complexity index is 894. The van der Waals surface area contributed by atoms with Crippen LogP contribution in [0, 0.1) is 6.92 Å². The largest absolute Gasteiger partial charge is 0.419 e. The highest BCUT2D eigenvalue weighted by molar-refractivity contribution is 5.52. The summed E-state index contributed by atoms with van der Waals surface area (Å²) in [5.41, 5.74) is 3.45. The van der Waals surface area contributed by atoms with E-state index < -0.39 is 0 Å². The summed E-state index contributed by atoms with van der Waals surface area (Å²) >= 11 is 0. The average Bonchev–Trinajstić information content (AvgIpc) is 3.19. The lowest BCUT2D eigenvalue weighted by atomic mass is 10.1. The molecule has 2 aromatic carbocycles. The SMILES string of the molecule is Cc1ccc(-c2nnc(CN3CCN(C/C=C/c4ccccc4)CC3)o2)cc1. The fourth-order valence-electron chi connectivity index (χ4n) is 3.35. The van der Waals surface area contributed by atoms with Gasteiger partial charge in [0.2, 0.25) is 11.8 Å². The molecule has 4 rings (SSSR count). The van der Waals surface area contributed by atoms with Gasteiger partial charge in [-0.25, -0.2) is 0 Å². The molecule has 0 amide bonds. The lowest BCUT2D eigenvalue weighted by molar-refractivity contribution is 0.128. The number of piperazine rings is 1. The van der Waals surface area contributed by atoms with E-state index in [2.05, 4.69) is 75.5 Å². The second-order valence-corrected chi connectivity index (χ2v) is 7.26. The molecule has 0 bridgehead atoms. The summed E-state index contributed by atoms with van der Waals surface area (Å²) in [5.74, 6) is 1.28. The number of aryl methyl sites for hydroxylation is 1. The van der Waals surface area contributed by atoms with Gasteiger partial charge in [0.05, 0.1) is 6.54 Å². The Kier molecular flexibility index (Phi) is 5.95. The zero-order chi connectivity index (χ0) is 19.2. The van der Waals surface area contributed by atoms with Crippen molar-refractivity contribution in [1.82, 2.24) is 20.0 Å². The summed E-state index contributed by atoms with van der Waals surface area (Å²) in [5, 5.41) is 8.43. The van der Waals surface area contributed by atoms with Crippen molar-refractivity contribution in [2.75, 3.05) is 32.7 Å². The van der Waals surface area contributed by atoms with Crippen LogP contribution in [0.25, 0.3) is 17.5 Å². The van der Waals surface area contributed by atoms with E-state index in [0.29, 0.717) is 18.3 Å². The van der Waals surface area contributed by atoms with E-state index in [9.17, 15) is 0 Å². The smallest absolute Gasteiger partial charge is 0.247 e. The van der Waals surface area contributed by atoms with Crippen LogP contribution in [0.5, 0.6) is 0 Å². The predicted molar refractivity (Wildman–Crippen MR) is 112 cm³/mol. The summed E-state index contributed by atoms with van der Waals surface area (Å²) in [6.07, 6.45) is 4.44. The zero-order valence-electron chi connectivity index (χ0n) is 16.3. The van der Waals surface area contributed by atoms with Gasteiger partial charge in [0, 0.05) is 38.3 Å². The maximum atomic E-state index is 5.86. The number of benzene rings is 2. The van der Waals surface area contributed by atoms with Crippen LogP contribution < -0.4 is 0 Å². The van der Waals surface area contributed by atoms with Crippen molar-refractivity contribution in [2.45, 2.75) is 13.5 Å². The van der Waals surface area contributed by atoms with Crippen LogP contribution in [0.2, 0.25) is 0 Å². The molecule has 5 nitrogen and oxygen atoms in total. The third-order valence-corrected chi connectivity index (χ3v) is 5.06. The van der Waals surface area contributed by atoms with E-state index in [1.165, 1.54) is 11.1 Å². The van der Waals surface area contributed by atoms with E-state index >= 15 is 0 Å². The zero-order valence-corrected chi connectivity index (χ0v) is 16.3. The summed E-state index contributed by atoms with van der Waals surface area (Å²) in [6, 6.07) is 18.6. The van der Waals surface area contributed by atoms with Crippen molar-refractivity contribution in [3.8, 4) is 11.5 Å². The summed E-state index contributed by atoms with van der Waals surface area (Å²) in [4.78, 5) is 4.85. The molecule has 1 saturated heterocycles. The molecule has 144 valence electrons. The van der Waals surface area contributed by atoms with Gasteiger partial charge in [-0.3, -0.25) is 9.80 Å². The van der Waals surface area contributed by atoms with Crippen LogP contribution in [-0.4, -0.2) is 52.7 Å². The van der Waals surface area contributed by atoms with Crippen LogP contribution in [0.1, 0.15) is 17.0 Å². The van der Waals surface area contributed by atoms with Gasteiger partial charge < -0.3 is 4.42 Å². The second-order valence-electron chi connectivity index (χ2n) is 7.26. The molecule has 1 aliphatic rings. The van der Waals surface area contributed by atoms with E-state index in [1.807, 2.05) is 18.2 Å². The lowest BCUT2D eigenvalue weighted by Crippen LogP contribution is -2.45. The Morgan fingerprint density at radius 3 is 2.36 bits per heavy atom. The molecule has 0 spiro atoms. The van der Waals surface area contributed by atoms with Gasteiger partial charge in [0.1, 0.15) is 0 Å². The molecule has 0 aliphatic carbocycles. The number of nitrogens with zero attached hydrogens (tertiary/aromatic N) is 4. The highest BCUT2D eigenvalue weighted by Gasteiger charge is 2.18. The fourth-order valence-corrected chi connectivity index (χ4v) is 3.35. The standard InChI is InChI=1S/C23H26N4O/c1-19-9-11-21(12-10-19)23-25-24-22(28-23)18-27-16-14-26(15-17-27)13-5-8-20-6-3-2-4-7-20/h2-12H,13-18H2,1H3/b8-5+. The van der Waals surface area contributed by atoms with E-state index in [-0.39, 0.29) is 0 Å². The van der Waals surface area contributed by atoms with Crippen molar-refractivity contribution < 1.29 is 4.42 Å². The quantitative estimate of drug-likeness (QED) is 0.655. The van der Waals surface area contributed by atoms with E-state index in [1.54, 1.807) is 0 Å². The number of aromatic nitrogens is 2. The topological polar surface area (TPSA) is 45.4 Å². The Hall–Kier alpha value is -2.76. The molecular formula is C23H26N4O. The number of rotatable bonds is 6. The third kappa shape index (κ3) is 4.94. The van der Waals surface area contributed by atoms with E-state index in [0.717, 1.165) is 38.3 Å². The van der Waals surface area contributed by atoms with Crippen LogP contribution in [0.4, 0.5) is 0 Å². The number of hydrogen-bond donors (Lipinski definition) is 0. The maximum absolute atomic E-state index is 5.86. The highest BCUT2D eigenvalue weighted by atomic mass is 16.4. The molecule has 3 aromatic rings. The van der Waals surface area contributed by atoms with E-state index in [4.69, 9.17) is 4.42 Å². The first-order chi connectivity index (χ1) is 13.8. The number of hydrogen-bond acceptors (Lipinski definition) is 5. The molecule has 0 unspecified atom stereocenters. The molecule has 0 radical (unpaired) electrons. The van der Waals surface area contributed by atoms with Crippen molar-refractivity contribution in [2.24, 2.45) is 0 Å². The molecule has 2 heterocycles. The maximum Gasteiger partial charge on any atom is 0.247 e. The second kappa shape index (κ2) is 8.95. The third-order valence-electron chi connectivity index (χ3n) is 5.06. The molecule has 1 fully saturated rings. The molecular weight excluding hydrogens is 348 g/mol. The van der Waals surface area contributed by atoms with Crippen LogP contribution in [0.3, 0.4) is 0 Å². The Morgan fingerprint density at radius 2 is 1.61 bits per heavy atom. The van der Waals surface area contributed by atoms with Crippen molar-refractivity contribution in [3.05, 3.63) is 77.7 Å². The summed E-state index contributed by atoms with van der Waals surface area (Å²) in [6.45, 7) is 7.91. The average molecular weight is 374 g/mol. The highest BCUT2D eigenvalue weighted by Crippen LogP contribution is 2.19. The van der Waals surface area contributed by atoms with Gasteiger partial charge in [-0.05, 0) is 24.6 Å². The summed E-state index contributed by atoms with van der Waals surface area (Å²) in [7, 11) is 0. The fraction of sp³-hybridized carbons (Fsp3) is 0.304. The monoisotopic (exact) mass is 374 g/mol. The lowest BCUT2D eigenvalue weighted by Gasteiger charge is -2.33. The van der Waals surface area contributed by atoms with Crippen molar-refractivity contribution in [1.29, 1.82) is 0 Å². The van der Waals surface area contributed by atoms with Crippen molar-refractivity contribution in [3.63, 3.8) is 0 Å².